The average molecular weight is 301 g/mol. The second-order valence-corrected chi connectivity index (χ2v) is 4.91. The van der Waals surface area contributed by atoms with Crippen LogP contribution in [0, 0.1) is 5.82 Å². The fraction of sp³-hybridized carbons (Fsp3) is 0. The van der Waals surface area contributed by atoms with Crippen molar-refractivity contribution in [1.82, 2.24) is 0 Å². The molecule has 0 fully saturated rings. The van der Waals surface area contributed by atoms with E-state index in [1.165, 1.54) is 18.2 Å². The van der Waals surface area contributed by atoms with Crippen LogP contribution in [-0.2, 0) is 9.53 Å². The lowest BCUT2D eigenvalue weighted by molar-refractivity contribution is -0.130. The molecule has 0 saturated heterocycles. The van der Waals surface area contributed by atoms with E-state index in [4.69, 9.17) is 16.3 Å². The molecule has 3 rings (SSSR count). The third kappa shape index (κ3) is 2.73. The molecule has 104 valence electrons. The minimum Gasteiger partial charge on any atom is -0.422 e. The molecule has 2 aromatic carbocycles. The lowest BCUT2D eigenvalue weighted by Crippen LogP contribution is -1.97. The Morgan fingerprint density at radius 3 is 2.52 bits per heavy atom. The molecule has 21 heavy (non-hydrogen) atoms. The summed E-state index contributed by atoms with van der Waals surface area (Å²) in [4.78, 5) is 11.9. The van der Waals surface area contributed by atoms with E-state index < -0.39 is 11.8 Å². The van der Waals surface area contributed by atoms with Crippen LogP contribution in [0.4, 0.5) is 4.39 Å². The molecule has 0 unspecified atom stereocenters. The molecule has 2 nitrogen and oxygen atoms in total. The molecule has 0 saturated carbocycles. The van der Waals surface area contributed by atoms with Gasteiger partial charge in [-0.25, -0.2) is 9.18 Å². The van der Waals surface area contributed by atoms with Gasteiger partial charge in [-0.05, 0) is 24.3 Å². The lowest BCUT2D eigenvalue weighted by Gasteiger charge is -2.01. The number of esters is 1. The molecule has 2 aromatic rings. The zero-order chi connectivity index (χ0) is 14.8. The van der Waals surface area contributed by atoms with Gasteiger partial charge in [0.15, 0.2) is 0 Å². The Labute approximate surface area is 126 Å². The maximum absolute atomic E-state index is 13.7. The van der Waals surface area contributed by atoms with Gasteiger partial charge < -0.3 is 4.74 Å². The van der Waals surface area contributed by atoms with Crippen LogP contribution in [0.15, 0.2) is 60.2 Å². The quantitative estimate of drug-likeness (QED) is 0.604. The van der Waals surface area contributed by atoms with Crippen molar-refractivity contribution in [1.29, 1.82) is 0 Å². The van der Waals surface area contributed by atoms with Crippen LogP contribution < -0.4 is 0 Å². The summed E-state index contributed by atoms with van der Waals surface area (Å²) >= 11 is 5.95. The van der Waals surface area contributed by atoms with E-state index in [2.05, 4.69) is 0 Å². The van der Waals surface area contributed by atoms with E-state index in [9.17, 15) is 9.18 Å². The molecule has 0 spiro atoms. The SMILES string of the molecule is O=C1OC(c2ccccc2)=C/C1=C/c1c(F)cccc1Cl. The topological polar surface area (TPSA) is 26.3 Å². The van der Waals surface area contributed by atoms with Crippen molar-refractivity contribution < 1.29 is 13.9 Å². The highest BCUT2D eigenvalue weighted by Gasteiger charge is 2.22. The summed E-state index contributed by atoms with van der Waals surface area (Å²) in [5, 5.41) is 0.247. The van der Waals surface area contributed by atoms with Gasteiger partial charge in [0, 0.05) is 11.1 Å². The zero-order valence-electron chi connectivity index (χ0n) is 10.8. The van der Waals surface area contributed by atoms with Crippen LogP contribution in [0.3, 0.4) is 0 Å². The molecular weight excluding hydrogens is 291 g/mol. The van der Waals surface area contributed by atoms with Crippen LogP contribution in [0.5, 0.6) is 0 Å². The van der Waals surface area contributed by atoms with Gasteiger partial charge in [0.25, 0.3) is 0 Å². The van der Waals surface area contributed by atoms with Crippen LogP contribution in [-0.4, -0.2) is 5.97 Å². The second kappa shape index (κ2) is 5.54. The molecular formula is C17H10ClFO2. The first-order valence-electron chi connectivity index (χ1n) is 6.30. The van der Waals surface area contributed by atoms with E-state index in [1.54, 1.807) is 12.1 Å². The number of ether oxygens (including phenoxy) is 1. The largest absolute Gasteiger partial charge is 0.422 e. The number of rotatable bonds is 2. The molecule has 0 radical (unpaired) electrons. The number of carbonyl (C=O) groups is 1. The van der Waals surface area contributed by atoms with Crippen molar-refractivity contribution in [2.75, 3.05) is 0 Å². The normalized spacial score (nSPS) is 16.0. The van der Waals surface area contributed by atoms with E-state index >= 15 is 0 Å². The summed E-state index contributed by atoms with van der Waals surface area (Å²) in [6, 6.07) is 13.6. The lowest BCUT2D eigenvalue weighted by atomic mass is 10.1. The van der Waals surface area contributed by atoms with E-state index in [-0.39, 0.29) is 16.2 Å². The van der Waals surface area contributed by atoms with Gasteiger partial charge in [0.05, 0.1) is 10.6 Å². The van der Waals surface area contributed by atoms with Crippen molar-refractivity contribution in [2.24, 2.45) is 0 Å². The molecule has 0 aliphatic carbocycles. The summed E-state index contributed by atoms with van der Waals surface area (Å²) in [6.07, 6.45) is 2.98. The zero-order valence-corrected chi connectivity index (χ0v) is 11.6. The van der Waals surface area contributed by atoms with Gasteiger partial charge in [-0.15, -0.1) is 0 Å². The highest BCUT2D eigenvalue weighted by molar-refractivity contribution is 6.32. The molecule has 1 aliphatic rings. The summed E-state index contributed by atoms with van der Waals surface area (Å²) in [5.41, 5.74) is 1.23. The molecule has 0 atom stereocenters. The predicted octanol–water partition coefficient (Wildman–Crippen LogP) is 4.46. The Hall–Kier alpha value is -2.39. The van der Waals surface area contributed by atoms with Gasteiger partial charge in [-0.3, -0.25) is 0 Å². The first-order chi connectivity index (χ1) is 10.1. The highest BCUT2D eigenvalue weighted by atomic mass is 35.5. The minimum absolute atomic E-state index is 0.177. The Morgan fingerprint density at radius 2 is 1.81 bits per heavy atom. The number of hydrogen-bond acceptors (Lipinski definition) is 2. The van der Waals surface area contributed by atoms with E-state index in [0.29, 0.717) is 5.76 Å². The number of halogens is 2. The number of benzene rings is 2. The van der Waals surface area contributed by atoms with Crippen LogP contribution in [0.25, 0.3) is 11.8 Å². The number of cyclic esters (lactones) is 1. The van der Waals surface area contributed by atoms with Gasteiger partial charge in [0.2, 0.25) is 0 Å². The van der Waals surface area contributed by atoms with Crippen molar-refractivity contribution in [3.63, 3.8) is 0 Å². The smallest absolute Gasteiger partial charge is 0.343 e. The Balaban J connectivity index is 2.01. The van der Waals surface area contributed by atoms with Crippen LogP contribution in [0.1, 0.15) is 11.1 Å². The maximum Gasteiger partial charge on any atom is 0.343 e. The van der Waals surface area contributed by atoms with Gasteiger partial charge >= 0.3 is 5.97 Å². The van der Waals surface area contributed by atoms with Crippen LogP contribution >= 0.6 is 11.6 Å². The number of carbonyl (C=O) groups excluding carboxylic acids is 1. The van der Waals surface area contributed by atoms with Crippen molar-refractivity contribution in [3.05, 3.63) is 82.1 Å². The van der Waals surface area contributed by atoms with E-state index in [1.807, 2.05) is 30.3 Å². The molecule has 0 amide bonds. The van der Waals surface area contributed by atoms with Gasteiger partial charge in [-0.2, -0.15) is 0 Å². The highest BCUT2D eigenvalue weighted by Crippen LogP contribution is 2.29. The molecule has 1 heterocycles. The first-order valence-corrected chi connectivity index (χ1v) is 6.68. The molecule has 0 aromatic heterocycles. The van der Waals surface area contributed by atoms with Gasteiger partial charge in [-0.1, -0.05) is 48.0 Å². The fourth-order valence-corrected chi connectivity index (χ4v) is 2.26. The molecule has 4 heteroatoms. The number of hydrogen-bond donors (Lipinski definition) is 0. The Morgan fingerprint density at radius 1 is 1.05 bits per heavy atom. The Kier molecular flexibility index (Phi) is 3.59. The standard InChI is InChI=1S/C17H10ClFO2/c18-14-7-4-8-15(19)13(14)9-12-10-16(21-17(12)20)11-5-2-1-3-6-11/h1-10H/b12-9-. The van der Waals surface area contributed by atoms with Crippen molar-refractivity contribution in [2.45, 2.75) is 0 Å². The first kappa shape index (κ1) is 13.6. The summed E-state index contributed by atoms with van der Waals surface area (Å²) in [7, 11) is 0. The monoisotopic (exact) mass is 300 g/mol. The molecule has 0 bridgehead atoms. The molecule has 1 aliphatic heterocycles. The third-order valence-corrected chi connectivity index (χ3v) is 3.41. The Bertz CT molecular complexity index is 743. The minimum atomic E-state index is -0.520. The van der Waals surface area contributed by atoms with Crippen molar-refractivity contribution >= 4 is 29.4 Å². The summed E-state index contributed by atoms with van der Waals surface area (Å²) in [6.45, 7) is 0. The molecule has 0 N–H and O–H groups in total. The third-order valence-electron chi connectivity index (χ3n) is 3.08. The maximum atomic E-state index is 13.7. The van der Waals surface area contributed by atoms with Crippen LogP contribution in [0.2, 0.25) is 5.02 Å². The summed E-state index contributed by atoms with van der Waals surface area (Å²) < 4.78 is 18.9. The summed E-state index contributed by atoms with van der Waals surface area (Å²) in [5.74, 6) is -0.558. The fourth-order valence-electron chi connectivity index (χ4n) is 2.04. The van der Waals surface area contributed by atoms with Gasteiger partial charge in [0.1, 0.15) is 11.6 Å². The van der Waals surface area contributed by atoms with Crippen molar-refractivity contribution in [3.8, 4) is 0 Å². The second-order valence-electron chi connectivity index (χ2n) is 4.50. The average Bonchev–Trinajstić information content (AvgIpc) is 2.85. The van der Waals surface area contributed by atoms with E-state index in [0.717, 1.165) is 5.56 Å². The predicted molar refractivity (Wildman–Crippen MR) is 79.9 cm³/mol.